The van der Waals surface area contributed by atoms with Gasteiger partial charge in [0.05, 0.1) is 23.5 Å². The molecule has 150 valence electrons. The minimum Gasteiger partial charge on any atom is -0.497 e. The Morgan fingerprint density at radius 2 is 1.97 bits per heavy atom. The molecule has 0 amide bonds. The van der Waals surface area contributed by atoms with E-state index in [4.69, 9.17) is 9.73 Å². The van der Waals surface area contributed by atoms with Gasteiger partial charge in [-0.25, -0.2) is 4.98 Å². The Morgan fingerprint density at radius 1 is 1.13 bits per heavy atom. The first-order valence-corrected chi connectivity index (χ1v) is 11.4. The topological polar surface area (TPSA) is 65.2 Å². The van der Waals surface area contributed by atoms with Crippen molar-refractivity contribution in [3.63, 3.8) is 0 Å². The molecule has 2 aromatic carbocycles. The van der Waals surface area contributed by atoms with Gasteiger partial charge in [-0.2, -0.15) is 0 Å². The number of halogens is 1. The number of aryl methyl sites for hydroxylation is 1. The minimum absolute atomic E-state index is 0.190. The van der Waals surface area contributed by atoms with E-state index in [9.17, 15) is 0 Å². The summed E-state index contributed by atoms with van der Waals surface area (Å²) < 4.78 is 8.82. The maximum absolute atomic E-state index is 5.53. The molecule has 0 saturated heterocycles. The summed E-state index contributed by atoms with van der Waals surface area (Å²) in [6.45, 7) is 1.97. The smallest absolute Gasteiger partial charge is 0.162 e. The first kappa shape index (κ1) is 19.4. The Hall–Kier alpha value is -2.59. The van der Waals surface area contributed by atoms with Gasteiger partial charge in [0.1, 0.15) is 17.6 Å². The van der Waals surface area contributed by atoms with Crippen LogP contribution in [0.25, 0.3) is 5.69 Å². The number of methoxy groups -OCH3 is 1. The minimum atomic E-state index is -0.190. The van der Waals surface area contributed by atoms with Crippen LogP contribution in [0.4, 0.5) is 0 Å². The van der Waals surface area contributed by atoms with Crippen LogP contribution < -0.4 is 4.74 Å². The molecule has 1 atom stereocenters. The number of ether oxygens (including phenoxy) is 1. The average Bonchev–Trinajstić information content (AvgIpc) is 3.38. The summed E-state index contributed by atoms with van der Waals surface area (Å²) in [4.78, 5) is 9.70. The van der Waals surface area contributed by atoms with E-state index in [2.05, 4.69) is 72.7 Å². The summed E-state index contributed by atoms with van der Waals surface area (Å²) in [5, 5.41) is 11.9. The Balaban J connectivity index is 1.77. The molecule has 0 unspecified atom stereocenters. The van der Waals surface area contributed by atoms with Gasteiger partial charge >= 0.3 is 0 Å². The van der Waals surface area contributed by atoms with Gasteiger partial charge in [0.25, 0.3) is 0 Å². The van der Waals surface area contributed by atoms with Gasteiger partial charge in [-0.05, 0) is 59.8 Å². The number of fused-ring (bicyclic) bond motifs is 3. The number of benzene rings is 2. The van der Waals surface area contributed by atoms with Gasteiger partial charge in [0.2, 0.25) is 0 Å². The molecule has 4 aromatic rings. The van der Waals surface area contributed by atoms with Crippen molar-refractivity contribution < 1.29 is 4.74 Å². The number of thiazole rings is 1. The van der Waals surface area contributed by atoms with Crippen molar-refractivity contribution in [3.8, 4) is 11.4 Å². The van der Waals surface area contributed by atoms with E-state index < -0.39 is 0 Å². The van der Waals surface area contributed by atoms with Gasteiger partial charge < -0.3 is 4.74 Å². The van der Waals surface area contributed by atoms with E-state index in [1.807, 2.05) is 30.6 Å². The molecule has 6 nitrogen and oxygen atoms in total. The average molecular weight is 527 g/mol. The second-order valence-electron chi connectivity index (χ2n) is 6.95. The van der Waals surface area contributed by atoms with Crippen molar-refractivity contribution in [1.82, 2.24) is 19.7 Å². The lowest BCUT2D eigenvalue weighted by molar-refractivity contribution is 0.414. The highest BCUT2D eigenvalue weighted by atomic mass is 127. The molecule has 0 spiro atoms. The second-order valence-corrected chi connectivity index (χ2v) is 9.18. The molecule has 1 aliphatic heterocycles. The van der Waals surface area contributed by atoms with Crippen molar-refractivity contribution in [2.24, 2.45) is 4.99 Å². The van der Waals surface area contributed by atoms with E-state index >= 15 is 0 Å². The lowest BCUT2D eigenvalue weighted by atomic mass is 10.00. The van der Waals surface area contributed by atoms with E-state index in [0.29, 0.717) is 6.42 Å². The zero-order chi connectivity index (χ0) is 20.7. The van der Waals surface area contributed by atoms with Crippen LogP contribution in [0, 0.1) is 10.5 Å². The molecule has 8 heteroatoms. The number of rotatable bonds is 4. The normalized spacial score (nSPS) is 15.2. The van der Waals surface area contributed by atoms with Crippen molar-refractivity contribution in [2.75, 3.05) is 7.11 Å². The Bertz CT molecular complexity index is 1230. The number of hydrogen-bond donors (Lipinski definition) is 0. The van der Waals surface area contributed by atoms with E-state index in [1.54, 1.807) is 18.4 Å². The summed E-state index contributed by atoms with van der Waals surface area (Å²) in [6.07, 6.45) is 2.50. The van der Waals surface area contributed by atoms with Crippen LogP contribution >= 0.6 is 33.9 Å². The predicted molar refractivity (Wildman–Crippen MR) is 126 cm³/mol. The molecule has 30 heavy (non-hydrogen) atoms. The third-order valence-electron chi connectivity index (χ3n) is 5.10. The number of aliphatic imine (C=N–C) groups is 1. The second kappa shape index (κ2) is 7.92. The van der Waals surface area contributed by atoms with Gasteiger partial charge in [0, 0.05) is 32.7 Å². The molecular weight excluding hydrogens is 509 g/mol. The fourth-order valence-corrected chi connectivity index (χ4v) is 4.71. The summed E-state index contributed by atoms with van der Waals surface area (Å²) >= 11 is 3.95. The summed E-state index contributed by atoms with van der Waals surface area (Å²) in [5.41, 5.74) is 3.99. The molecule has 0 aliphatic carbocycles. The zero-order valence-corrected chi connectivity index (χ0v) is 19.4. The molecule has 5 rings (SSSR count). The van der Waals surface area contributed by atoms with Gasteiger partial charge in [-0.3, -0.25) is 9.56 Å². The van der Waals surface area contributed by atoms with Crippen molar-refractivity contribution >= 4 is 39.6 Å². The number of hydrogen-bond acceptors (Lipinski definition) is 6. The van der Waals surface area contributed by atoms with E-state index in [1.165, 1.54) is 3.57 Å². The van der Waals surface area contributed by atoms with Gasteiger partial charge in [-0.15, -0.1) is 21.5 Å². The zero-order valence-electron chi connectivity index (χ0n) is 16.4. The van der Waals surface area contributed by atoms with Gasteiger partial charge in [0.15, 0.2) is 5.82 Å². The maximum atomic E-state index is 5.53. The molecule has 0 saturated carbocycles. The predicted octanol–water partition coefficient (Wildman–Crippen LogP) is 4.78. The highest BCUT2D eigenvalue weighted by Crippen LogP contribution is 2.34. The van der Waals surface area contributed by atoms with E-state index in [-0.39, 0.29) is 6.04 Å². The first-order chi connectivity index (χ1) is 14.6. The summed E-state index contributed by atoms with van der Waals surface area (Å²) in [7, 11) is 1.68. The van der Waals surface area contributed by atoms with Crippen LogP contribution in [0.2, 0.25) is 0 Å². The third kappa shape index (κ3) is 3.43. The van der Waals surface area contributed by atoms with Crippen LogP contribution in [0.3, 0.4) is 0 Å². The fraction of sp³-hybridized carbons (Fsp3) is 0.182. The lowest BCUT2D eigenvalue weighted by Gasteiger charge is -2.14. The molecule has 0 N–H and O–H groups in total. The Kier molecular flexibility index (Phi) is 5.11. The molecule has 3 heterocycles. The van der Waals surface area contributed by atoms with Crippen LogP contribution in [0.5, 0.6) is 5.75 Å². The summed E-state index contributed by atoms with van der Waals surface area (Å²) in [6, 6.07) is 14.3. The highest BCUT2D eigenvalue weighted by molar-refractivity contribution is 14.1. The molecule has 0 bridgehead atoms. The SMILES string of the molecule is COc1ccc2c(c1)C(c1ccc(I)cc1)=N[C@@H](Cc1nccs1)c1nnc(C)n1-2. The molecule has 0 fully saturated rings. The van der Waals surface area contributed by atoms with Crippen LogP contribution in [0.15, 0.2) is 59.0 Å². The standard InChI is InChI=1S/C22H18IN5OS/c1-13-26-27-22-18(12-20-24-9-10-30-20)25-21(14-3-5-15(23)6-4-14)17-11-16(29-2)7-8-19(17)28(13)22/h3-11,18H,12H2,1-2H3/t18-/m0/s1. The van der Waals surface area contributed by atoms with Crippen molar-refractivity contribution in [2.45, 2.75) is 19.4 Å². The quantitative estimate of drug-likeness (QED) is 0.359. The van der Waals surface area contributed by atoms with Crippen LogP contribution in [0.1, 0.15) is 33.8 Å². The van der Waals surface area contributed by atoms with Crippen molar-refractivity contribution in [1.29, 1.82) is 0 Å². The highest BCUT2D eigenvalue weighted by Gasteiger charge is 2.29. The van der Waals surface area contributed by atoms with Crippen LogP contribution in [-0.4, -0.2) is 32.6 Å². The molecule has 2 aromatic heterocycles. The van der Waals surface area contributed by atoms with E-state index in [0.717, 1.165) is 44.9 Å². The van der Waals surface area contributed by atoms with Crippen LogP contribution in [-0.2, 0) is 6.42 Å². The van der Waals surface area contributed by atoms with Gasteiger partial charge in [-0.1, -0.05) is 12.1 Å². The monoisotopic (exact) mass is 527 g/mol. The third-order valence-corrected chi connectivity index (χ3v) is 6.62. The molecular formula is C22H18IN5OS. The maximum Gasteiger partial charge on any atom is 0.162 e. The fourth-order valence-electron chi connectivity index (χ4n) is 3.70. The molecule has 1 aliphatic rings. The number of aromatic nitrogens is 4. The largest absolute Gasteiger partial charge is 0.497 e. The van der Waals surface area contributed by atoms with Crippen molar-refractivity contribution in [3.05, 3.63) is 85.4 Å². The first-order valence-electron chi connectivity index (χ1n) is 9.47. The Morgan fingerprint density at radius 3 is 2.70 bits per heavy atom. The summed E-state index contributed by atoms with van der Waals surface area (Å²) in [5.74, 6) is 2.45. The number of nitrogens with zero attached hydrogens (tertiary/aromatic N) is 5. The Labute approximate surface area is 191 Å². The molecule has 0 radical (unpaired) electrons. The lowest BCUT2D eigenvalue weighted by Crippen LogP contribution is -2.09.